The van der Waals surface area contributed by atoms with Gasteiger partial charge in [0, 0.05) is 5.69 Å². The fourth-order valence-electron chi connectivity index (χ4n) is 2.82. The molecule has 1 atom stereocenters. The molecular formula is C20H22N6O2. The van der Waals surface area contributed by atoms with Crippen molar-refractivity contribution in [2.24, 2.45) is 5.73 Å². The van der Waals surface area contributed by atoms with E-state index in [0.717, 1.165) is 16.8 Å². The van der Waals surface area contributed by atoms with E-state index in [2.05, 4.69) is 20.9 Å². The first-order valence-corrected chi connectivity index (χ1v) is 8.82. The molecule has 8 nitrogen and oxygen atoms in total. The quantitative estimate of drug-likeness (QED) is 0.633. The molecule has 0 bridgehead atoms. The van der Waals surface area contributed by atoms with Crippen LogP contribution in [0.25, 0.3) is 5.69 Å². The van der Waals surface area contributed by atoms with Gasteiger partial charge in [-0.2, -0.15) is 0 Å². The number of primary amides is 1. The summed E-state index contributed by atoms with van der Waals surface area (Å²) in [5, 5.41) is 13.6. The zero-order valence-electron chi connectivity index (χ0n) is 15.9. The lowest BCUT2D eigenvalue weighted by Gasteiger charge is -2.14. The molecule has 3 amide bonds. The van der Waals surface area contributed by atoms with Crippen molar-refractivity contribution in [2.75, 3.05) is 5.32 Å². The maximum Gasteiger partial charge on any atom is 0.316 e. The van der Waals surface area contributed by atoms with Crippen LogP contribution in [0.15, 0.2) is 48.5 Å². The van der Waals surface area contributed by atoms with Crippen molar-refractivity contribution in [3.8, 4) is 5.69 Å². The number of hydrogen-bond donors (Lipinski definition) is 3. The molecule has 3 rings (SSSR count). The maximum absolute atomic E-state index is 12.7. The summed E-state index contributed by atoms with van der Waals surface area (Å²) in [6, 6.07) is 14.0. The third kappa shape index (κ3) is 4.17. The van der Waals surface area contributed by atoms with Crippen LogP contribution >= 0.6 is 0 Å². The summed E-state index contributed by atoms with van der Waals surface area (Å²) in [4.78, 5) is 23.5. The molecular weight excluding hydrogens is 356 g/mol. The number of carbonyl (C=O) groups is 2. The van der Waals surface area contributed by atoms with Gasteiger partial charge in [0.2, 0.25) is 0 Å². The third-order valence-electron chi connectivity index (χ3n) is 4.41. The number of benzene rings is 2. The first-order valence-electron chi connectivity index (χ1n) is 8.82. The number of carbonyl (C=O) groups excluding carboxylic acids is 2. The number of rotatable bonds is 5. The molecule has 0 aliphatic rings. The predicted molar refractivity (Wildman–Crippen MR) is 106 cm³/mol. The number of urea groups is 1. The van der Waals surface area contributed by atoms with Crippen LogP contribution in [-0.2, 0) is 0 Å². The van der Waals surface area contributed by atoms with Gasteiger partial charge in [0.25, 0.3) is 5.91 Å². The van der Waals surface area contributed by atoms with E-state index in [1.54, 1.807) is 16.8 Å². The molecule has 0 aliphatic carbocycles. The van der Waals surface area contributed by atoms with Crippen LogP contribution in [0, 0.1) is 13.8 Å². The summed E-state index contributed by atoms with van der Waals surface area (Å²) in [7, 11) is 0. The largest absolute Gasteiger partial charge is 0.351 e. The van der Waals surface area contributed by atoms with Crippen LogP contribution in [-0.4, -0.2) is 26.9 Å². The lowest BCUT2D eigenvalue weighted by Crippen LogP contribution is -2.27. The highest BCUT2D eigenvalue weighted by molar-refractivity contribution is 5.93. The van der Waals surface area contributed by atoms with Crippen LogP contribution in [0.2, 0.25) is 0 Å². The minimum absolute atomic E-state index is 0.251. The van der Waals surface area contributed by atoms with Gasteiger partial charge in [-0.15, -0.1) is 5.10 Å². The van der Waals surface area contributed by atoms with Gasteiger partial charge in [-0.1, -0.05) is 35.0 Å². The first kappa shape index (κ1) is 19.1. The van der Waals surface area contributed by atoms with Gasteiger partial charge in [0.05, 0.1) is 17.4 Å². The molecule has 0 radical (unpaired) electrons. The molecule has 0 saturated heterocycles. The minimum Gasteiger partial charge on any atom is -0.351 e. The number of nitrogens with one attached hydrogen (secondary N) is 2. The van der Waals surface area contributed by atoms with Gasteiger partial charge in [0.15, 0.2) is 5.69 Å². The Balaban J connectivity index is 1.72. The Bertz CT molecular complexity index is 993. The zero-order chi connectivity index (χ0) is 20.3. The molecule has 3 aromatic rings. The predicted octanol–water partition coefficient (Wildman–Crippen LogP) is 2.87. The molecule has 144 valence electrons. The molecule has 0 fully saturated rings. The second-order valence-corrected chi connectivity index (χ2v) is 6.58. The van der Waals surface area contributed by atoms with Crippen molar-refractivity contribution in [3.05, 3.63) is 71.0 Å². The van der Waals surface area contributed by atoms with Crippen LogP contribution in [0.1, 0.15) is 40.3 Å². The normalized spacial score (nSPS) is 11.7. The average Bonchev–Trinajstić information content (AvgIpc) is 3.04. The molecule has 8 heteroatoms. The lowest BCUT2D eigenvalue weighted by atomic mass is 10.1. The zero-order valence-corrected chi connectivity index (χ0v) is 15.9. The van der Waals surface area contributed by atoms with Gasteiger partial charge >= 0.3 is 6.03 Å². The molecule has 1 heterocycles. The number of aromatic nitrogens is 3. The molecule has 0 aliphatic heterocycles. The van der Waals surface area contributed by atoms with E-state index < -0.39 is 6.03 Å². The van der Waals surface area contributed by atoms with Crippen LogP contribution < -0.4 is 16.4 Å². The number of aryl methyl sites for hydroxylation is 1. The summed E-state index contributed by atoms with van der Waals surface area (Å²) < 4.78 is 1.64. The molecule has 0 saturated carbocycles. The van der Waals surface area contributed by atoms with E-state index in [4.69, 9.17) is 5.73 Å². The highest BCUT2D eigenvalue weighted by Crippen LogP contribution is 2.18. The molecule has 2 aromatic carbocycles. The van der Waals surface area contributed by atoms with Gasteiger partial charge in [-0.05, 0) is 50.6 Å². The number of nitrogens with two attached hydrogens (primary N) is 1. The summed E-state index contributed by atoms with van der Waals surface area (Å²) in [5.41, 5.74) is 9.50. The third-order valence-corrected chi connectivity index (χ3v) is 4.41. The summed E-state index contributed by atoms with van der Waals surface area (Å²) in [5.74, 6) is -0.303. The Kier molecular flexibility index (Phi) is 5.39. The molecule has 0 spiro atoms. The Hall–Kier alpha value is -3.68. The standard InChI is InChI=1S/C20H22N6O2/c1-12-4-10-17(11-5-12)26-14(3)18(24-25-26)19(27)22-13(2)15-6-8-16(9-7-15)23-20(21)28/h4-11,13H,1-3H3,(H,22,27)(H3,21,23,28). The Morgan fingerprint density at radius 1 is 1.04 bits per heavy atom. The monoisotopic (exact) mass is 378 g/mol. The number of amides is 3. The van der Waals surface area contributed by atoms with Crippen molar-refractivity contribution in [1.82, 2.24) is 20.3 Å². The smallest absolute Gasteiger partial charge is 0.316 e. The minimum atomic E-state index is -0.624. The molecule has 4 N–H and O–H groups in total. The van der Waals surface area contributed by atoms with E-state index in [1.807, 2.05) is 57.2 Å². The number of hydrogen-bond acceptors (Lipinski definition) is 4. The fourth-order valence-corrected chi connectivity index (χ4v) is 2.82. The molecule has 1 aromatic heterocycles. The van der Waals surface area contributed by atoms with Gasteiger partial charge in [-0.25, -0.2) is 9.48 Å². The topological polar surface area (TPSA) is 115 Å². The highest BCUT2D eigenvalue weighted by atomic mass is 16.2. The lowest BCUT2D eigenvalue weighted by molar-refractivity contribution is 0.0934. The maximum atomic E-state index is 12.7. The summed E-state index contributed by atoms with van der Waals surface area (Å²) in [6.45, 7) is 5.69. The van der Waals surface area contributed by atoms with Gasteiger partial charge in [-0.3, -0.25) is 4.79 Å². The van der Waals surface area contributed by atoms with Crippen LogP contribution in [0.5, 0.6) is 0 Å². The second kappa shape index (κ2) is 7.91. The van der Waals surface area contributed by atoms with Crippen molar-refractivity contribution in [2.45, 2.75) is 26.8 Å². The summed E-state index contributed by atoms with van der Waals surface area (Å²) >= 11 is 0. The van der Waals surface area contributed by atoms with Crippen molar-refractivity contribution >= 4 is 17.6 Å². The van der Waals surface area contributed by atoms with Crippen molar-refractivity contribution in [3.63, 3.8) is 0 Å². The van der Waals surface area contributed by atoms with Crippen LogP contribution in [0.4, 0.5) is 10.5 Å². The fraction of sp³-hybridized carbons (Fsp3) is 0.200. The Morgan fingerprint density at radius 2 is 1.68 bits per heavy atom. The van der Waals surface area contributed by atoms with Crippen LogP contribution in [0.3, 0.4) is 0 Å². The van der Waals surface area contributed by atoms with Gasteiger partial charge < -0.3 is 16.4 Å². The first-order chi connectivity index (χ1) is 13.3. The average molecular weight is 378 g/mol. The molecule has 1 unspecified atom stereocenters. The Labute approximate surface area is 162 Å². The van der Waals surface area contributed by atoms with Crippen molar-refractivity contribution in [1.29, 1.82) is 0 Å². The number of nitrogens with zero attached hydrogens (tertiary/aromatic N) is 3. The number of anilines is 1. The summed E-state index contributed by atoms with van der Waals surface area (Å²) in [6.07, 6.45) is 0. The molecule has 28 heavy (non-hydrogen) atoms. The van der Waals surface area contributed by atoms with E-state index in [1.165, 1.54) is 0 Å². The van der Waals surface area contributed by atoms with E-state index >= 15 is 0 Å². The van der Waals surface area contributed by atoms with E-state index in [9.17, 15) is 9.59 Å². The van der Waals surface area contributed by atoms with E-state index in [-0.39, 0.29) is 17.6 Å². The van der Waals surface area contributed by atoms with E-state index in [0.29, 0.717) is 11.4 Å². The highest BCUT2D eigenvalue weighted by Gasteiger charge is 2.19. The van der Waals surface area contributed by atoms with Gasteiger partial charge in [0.1, 0.15) is 0 Å². The SMILES string of the molecule is Cc1ccc(-n2nnc(C(=O)NC(C)c3ccc(NC(N)=O)cc3)c2C)cc1. The van der Waals surface area contributed by atoms with Crippen molar-refractivity contribution < 1.29 is 9.59 Å². The second-order valence-electron chi connectivity index (χ2n) is 6.58. The Morgan fingerprint density at radius 3 is 2.29 bits per heavy atom.